The molecule has 9 heteroatoms. The van der Waals surface area contributed by atoms with Crippen molar-refractivity contribution < 1.29 is 24.2 Å². The lowest BCUT2D eigenvalue weighted by atomic mass is 9.90. The molecule has 0 saturated heterocycles. The van der Waals surface area contributed by atoms with Gasteiger partial charge in [-0.3, -0.25) is 9.78 Å². The Morgan fingerprint density at radius 2 is 1.74 bits per heavy atom. The van der Waals surface area contributed by atoms with E-state index in [-0.39, 0.29) is 34.4 Å². The summed E-state index contributed by atoms with van der Waals surface area (Å²) in [6.45, 7) is 7.07. The highest BCUT2D eigenvalue weighted by atomic mass is 35.5. The Morgan fingerprint density at radius 3 is 2.37 bits per heavy atom. The number of ketones is 1. The fourth-order valence-electron chi connectivity index (χ4n) is 4.75. The molecule has 1 saturated carbocycles. The molecule has 38 heavy (non-hydrogen) atoms. The monoisotopic (exact) mass is 539 g/mol. The molecule has 3 aromatic rings. The van der Waals surface area contributed by atoms with Gasteiger partial charge in [-0.05, 0) is 88.8 Å². The van der Waals surface area contributed by atoms with Crippen molar-refractivity contribution in [3.8, 4) is 22.6 Å². The molecule has 1 aromatic heterocycles. The number of ether oxygens (including phenoxy) is 2. The number of nitrogens with one attached hydrogen (secondary N) is 2. The van der Waals surface area contributed by atoms with Gasteiger partial charge in [-0.2, -0.15) is 0 Å². The zero-order valence-corrected chi connectivity index (χ0v) is 23.1. The molecule has 0 aliphatic heterocycles. The van der Waals surface area contributed by atoms with E-state index in [9.17, 15) is 14.7 Å². The summed E-state index contributed by atoms with van der Waals surface area (Å²) >= 11 is 6.23. The second-order valence-electron chi connectivity index (χ2n) is 10.7. The maximum atomic E-state index is 12.6. The molecule has 0 atom stereocenters. The summed E-state index contributed by atoms with van der Waals surface area (Å²) in [6.07, 6.45) is 4.46. The minimum Gasteiger partial charge on any atom is -0.503 e. The van der Waals surface area contributed by atoms with Crippen LogP contribution in [0.4, 0.5) is 10.5 Å². The fraction of sp³-hybridized carbons (Fsp3) is 0.414. The topological polar surface area (TPSA) is 110 Å². The number of aromatic hydroxyl groups is 1. The van der Waals surface area contributed by atoms with Crippen LogP contribution < -0.4 is 15.4 Å². The first kappa shape index (κ1) is 27.5. The van der Waals surface area contributed by atoms with Crippen molar-refractivity contribution in [2.45, 2.75) is 71.1 Å². The van der Waals surface area contributed by atoms with E-state index >= 15 is 0 Å². The Morgan fingerprint density at radius 1 is 1.05 bits per heavy atom. The first-order valence-corrected chi connectivity index (χ1v) is 13.1. The van der Waals surface area contributed by atoms with Crippen LogP contribution in [0.2, 0.25) is 5.02 Å². The number of nitrogens with zero attached hydrogens (tertiary/aromatic N) is 1. The summed E-state index contributed by atoms with van der Waals surface area (Å²) in [6, 6.07) is 9.35. The summed E-state index contributed by atoms with van der Waals surface area (Å²) in [4.78, 5) is 29.2. The predicted octanol–water partition coefficient (Wildman–Crippen LogP) is 6.72. The molecule has 0 radical (unpaired) electrons. The number of aromatic nitrogens is 1. The summed E-state index contributed by atoms with van der Waals surface area (Å²) in [7, 11) is 1.47. The van der Waals surface area contributed by atoms with Gasteiger partial charge in [0.15, 0.2) is 17.3 Å². The van der Waals surface area contributed by atoms with E-state index in [0.29, 0.717) is 5.56 Å². The van der Waals surface area contributed by atoms with Gasteiger partial charge in [-0.25, -0.2) is 4.79 Å². The van der Waals surface area contributed by atoms with Gasteiger partial charge in [0.2, 0.25) is 0 Å². The average Bonchev–Trinajstić information content (AvgIpc) is 2.85. The lowest BCUT2D eigenvalue weighted by Gasteiger charge is -2.31. The van der Waals surface area contributed by atoms with Crippen LogP contribution in [0, 0.1) is 0 Å². The fourth-order valence-corrected chi connectivity index (χ4v) is 4.96. The zero-order valence-electron chi connectivity index (χ0n) is 22.4. The zero-order chi connectivity index (χ0) is 27.6. The highest BCUT2D eigenvalue weighted by Crippen LogP contribution is 2.40. The normalized spacial score (nSPS) is 17.6. The third-order valence-electron chi connectivity index (χ3n) is 6.63. The van der Waals surface area contributed by atoms with E-state index in [1.807, 2.05) is 39.0 Å². The largest absolute Gasteiger partial charge is 0.503 e. The molecule has 1 amide bonds. The number of halogens is 1. The van der Waals surface area contributed by atoms with Gasteiger partial charge in [0, 0.05) is 23.7 Å². The Kier molecular flexibility index (Phi) is 8.02. The van der Waals surface area contributed by atoms with E-state index in [2.05, 4.69) is 15.6 Å². The number of Topliss-reactive ketones (excluding diaryl/α,β-unsaturated/α-hetero) is 1. The molecular weight excluding hydrogens is 506 g/mol. The smallest absolute Gasteiger partial charge is 0.407 e. The maximum Gasteiger partial charge on any atom is 0.407 e. The number of fused-ring (bicyclic) bond motifs is 1. The average molecular weight is 540 g/mol. The molecule has 0 spiro atoms. The number of phenols is 1. The molecular formula is C29H34ClN3O5. The molecule has 202 valence electrons. The molecule has 1 aliphatic rings. The molecule has 0 unspecified atom stereocenters. The highest BCUT2D eigenvalue weighted by Gasteiger charge is 2.26. The number of carbonyl (C=O) groups excluding carboxylic acids is 2. The van der Waals surface area contributed by atoms with Crippen molar-refractivity contribution in [1.29, 1.82) is 0 Å². The van der Waals surface area contributed by atoms with Crippen molar-refractivity contribution in [1.82, 2.24) is 10.3 Å². The van der Waals surface area contributed by atoms with E-state index in [4.69, 9.17) is 21.1 Å². The van der Waals surface area contributed by atoms with Crippen LogP contribution in [0.15, 0.2) is 36.5 Å². The number of carbonyl (C=O) groups is 2. The number of anilines is 1. The minimum absolute atomic E-state index is 0.0465. The third kappa shape index (κ3) is 6.30. The quantitative estimate of drug-likeness (QED) is 0.298. The van der Waals surface area contributed by atoms with Gasteiger partial charge >= 0.3 is 6.09 Å². The molecule has 1 fully saturated rings. The first-order chi connectivity index (χ1) is 17.9. The van der Waals surface area contributed by atoms with Gasteiger partial charge < -0.3 is 25.2 Å². The molecule has 8 nitrogen and oxygen atoms in total. The van der Waals surface area contributed by atoms with E-state index in [1.54, 1.807) is 18.3 Å². The van der Waals surface area contributed by atoms with Gasteiger partial charge in [0.05, 0.1) is 28.9 Å². The lowest BCUT2D eigenvalue weighted by molar-refractivity contribution is 0.0492. The lowest BCUT2D eigenvalue weighted by Crippen LogP contribution is -2.42. The SMILES string of the molecule is COc1cc(-c2ccc3ncc(C(C)=O)c(NC4CCC(NC(=O)OC(C)(C)C)CC4)c3c2)cc(Cl)c1O. The molecule has 0 bridgehead atoms. The van der Waals surface area contributed by atoms with Crippen LogP contribution >= 0.6 is 11.6 Å². The Hall–Kier alpha value is -3.52. The van der Waals surface area contributed by atoms with Crippen LogP contribution in [-0.4, -0.2) is 46.8 Å². The maximum absolute atomic E-state index is 12.6. The highest BCUT2D eigenvalue weighted by molar-refractivity contribution is 6.32. The number of pyridine rings is 1. The number of rotatable bonds is 6. The van der Waals surface area contributed by atoms with Crippen molar-refractivity contribution in [2.24, 2.45) is 0 Å². The van der Waals surface area contributed by atoms with Crippen LogP contribution in [0.5, 0.6) is 11.5 Å². The standard InChI is InChI=1S/C29H34ClN3O5/c1-16(34)22-15-31-24-11-6-17(18-13-23(30)27(35)25(14-18)37-5)12-21(24)26(22)32-19-7-9-20(10-8-19)33-28(36)38-29(2,3)4/h6,11-15,19-20,35H,7-10H2,1-5H3,(H,31,32)(H,33,36). The van der Waals surface area contributed by atoms with Crippen molar-refractivity contribution in [3.63, 3.8) is 0 Å². The van der Waals surface area contributed by atoms with Crippen molar-refractivity contribution in [3.05, 3.63) is 47.1 Å². The van der Waals surface area contributed by atoms with Gasteiger partial charge in [0.1, 0.15) is 5.60 Å². The second-order valence-corrected chi connectivity index (χ2v) is 11.1. The summed E-state index contributed by atoms with van der Waals surface area (Å²) in [5.74, 6) is 0.0820. The van der Waals surface area contributed by atoms with Crippen molar-refractivity contribution >= 4 is 40.1 Å². The van der Waals surface area contributed by atoms with E-state index < -0.39 is 11.7 Å². The number of hydrogen-bond donors (Lipinski definition) is 3. The van der Waals surface area contributed by atoms with Crippen LogP contribution in [0.3, 0.4) is 0 Å². The summed E-state index contributed by atoms with van der Waals surface area (Å²) < 4.78 is 10.7. The summed E-state index contributed by atoms with van der Waals surface area (Å²) in [5.41, 5.74) is 3.07. The number of phenolic OH excluding ortho intramolecular Hbond substituents is 1. The summed E-state index contributed by atoms with van der Waals surface area (Å²) in [5, 5.41) is 17.7. The molecule has 4 rings (SSSR count). The molecule has 1 aliphatic carbocycles. The first-order valence-electron chi connectivity index (χ1n) is 12.7. The third-order valence-corrected chi connectivity index (χ3v) is 6.91. The van der Waals surface area contributed by atoms with E-state index in [1.165, 1.54) is 14.0 Å². The Labute approximate surface area is 227 Å². The van der Waals surface area contributed by atoms with Crippen LogP contribution in [0.1, 0.15) is 63.7 Å². The van der Waals surface area contributed by atoms with Crippen LogP contribution in [0.25, 0.3) is 22.0 Å². The number of benzene rings is 2. The minimum atomic E-state index is -0.538. The Balaban J connectivity index is 1.60. The number of hydrogen-bond acceptors (Lipinski definition) is 7. The van der Waals surface area contributed by atoms with Gasteiger partial charge in [-0.15, -0.1) is 0 Å². The number of methoxy groups -OCH3 is 1. The molecule has 3 N–H and O–H groups in total. The van der Waals surface area contributed by atoms with Gasteiger partial charge in [-0.1, -0.05) is 17.7 Å². The molecule has 1 heterocycles. The van der Waals surface area contributed by atoms with Crippen LogP contribution in [-0.2, 0) is 4.74 Å². The molecule has 2 aromatic carbocycles. The number of amides is 1. The predicted molar refractivity (Wildman–Crippen MR) is 149 cm³/mol. The van der Waals surface area contributed by atoms with E-state index in [0.717, 1.165) is 53.4 Å². The van der Waals surface area contributed by atoms with Gasteiger partial charge in [0.25, 0.3) is 0 Å². The number of alkyl carbamates (subject to hydrolysis) is 1. The Bertz CT molecular complexity index is 1360. The second kappa shape index (κ2) is 11.1. The van der Waals surface area contributed by atoms with Crippen molar-refractivity contribution in [2.75, 3.05) is 12.4 Å².